The summed E-state index contributed by atoms with van der Waals surface area (Å²) in [4.78, 5) is 67.7. The van der Waals surface area contributed by atoms with Gasteiger partial charge in [-0.05, 0) is 141 Å². The zero-order valence-corrected chi connectivity index (χ0v) is 69.5. The van der Waals surface area contributed by atoms with Gasteiger partial charge in [0.25, 0.3) is 23.1 Å². The summed E-state index contributed by atoms with van der Waals surface area (Å²) in [6.45, 7) is 19.5. The lowest BCUT2D eigenvalue weighted by Gasteiger charge is -2.19. The number of hydrogen-bond acceptors (Lipinski definition) is 24. The lowest BCUT2D eigenvalue weighted by molar-refractivity contribution is -0.383. The van der Waals surface area contributed by atoms with Crippen molar-refractivity contribution in [2.45, 2.75) is 53.6 Å². The standard InChI is InChI=1S/C25H27N5O3.C14H12ClN3O3.C11H12N2O3.C11H16N2O.C11H14N2O.C8H6N2O2.C3H7BrO.C2H6O.CH4/c1-4-13-30-14-12-19-20(10-7-11-21(19)30)28-25-26-16-22(32-3)24(29-25)33-18-9-6-8-17(15-18)27-23(31)5-2;1-3-12(19)17-9-5-4-6-10(7-9)21-13-11(20-2)8-16-14(15)18-13;1-16-8-7-12-6-5-9-10(12)3-2-4-11(9)13(14)15;2*1-14-8-7-13-6-5-9-10(12)3-2-4-11(9)13;11-10(12)8-3-1-2-7-6(8)4-5-9-7;1-5-3-2-4;1-2-3;/h5-11,15-16H,2,4,12-14H2,1,3H3,(H,27,31)(H,26,28,29);3-8H,1H2,2H3,(H,17,19);2-6H,7-8H2,1H3;2-4H,5-8,12H2,1H3;2-6H,7-8,12H2,1H3;1-5,9H;2-3H2,1H3;3H,2H2,1H3;1H4. The van der Waals surface area contributed by atoms with Crippen molar-refractivity contribution in [3.8, 4) is 34.8 Å². The third kappa shape index (κ3) is 28.6. The van der Waals surface area contributed by atoms with Crippen LogP contribution in [0.5, 0.6) is 34.8 Å². The summed E-state index contributed by atoms with van der Waals surface area (Å²) in [5.41, 5.74) is 23.9. The molecule has 5 aromatic heterocycles. The van der Waals surface area contributed by atoms with E-state index < -0.39 is 0 Å². The van der Waals surface area contributed by atoms with E-state index in [9.17, 15) is 29.8 Å². The molecule has 2 aliphatic rings. The van der Waals surface area contributed by atoms with Crippen LogP contribution in [0.1, 0.15) is 38.8 Å². The predicted octanol–water partition coefficient (Wildman–Crippen LogP) is 17.1. The van der Waals surface area contributed by atoms with Crippen LogP contribution in [0.4, 0.5) is 57.1 Å². The van der Waals surface area contributed by atoms with Crippen LogP contribution in [0.25, 0.3) is 32.7 Å². The first-order chi connectivity index (χ1) is 57.2. The largest absolute Gasteiger partial charge is 0.490 e. The van der Waals surface area contributed by atoms with Gasteiger partial charge in [-0.3, -0.25) is 29.8 Å². The monoisotopic (exact) mass is 1710 g/mol. The molecule has 0 unspecified atom stereocenters. The number of anilines is 8. The van der Waals surface area contributed by atoms with Crippen LogP contribution < -0.4 is 56.2 Å². The van der Waals surface area contributed by atoms with Crippen molar-refractivity contribution >= 4 is 129 Å². The summed E-state index contributed by atoms with van der Waals surface area (Å²) in [5.74, 6) is 1.95. The highest BCUT2D eigenvalue weighted by Gasteiger charge is 2.24. The van der Waals surface area contributed by atoms with Gasteiger partial charge in [-0.25, -0.2) is 9.97 Å². The first kappa shape index (κ1) is 95.2. The number of aliphatic hydroxyl groups is 1. The molecule has 0 aliphatic carbocycles. The Kier molecular flexibility index (Phi) is 40.6. The summed E-state index contributed by atoms with van der Waals surface area (Å²) >= 11 is 8.92. The first-order valence-corrected chi connectivity index (χ1v) is 38.8. The number of halogens is 2. The lowest BCUT2D eigenvalue weighted by Crippen LogP contribution is -2.24. The van der Waals surface area contributed by atoms with Crippen LogP contribution in [0.3, 0.4) is 0 Å². The Morgan fingerprint density at radius 3 is 1.62 bits per heavy atom. The molecule has 2 amide bonds. The SMILES string of the molecule is C.C=CC(=O)Nc1cccc(Oc2nc(Cl)ncc2OC)c1.C=CC(=O)Nc1cccc(Oc2nc(Nc3cccc4c3CCN4CCC)ncc2OC)c1.CCO.COCCBr.COCCN1CCc2c(N)cccc21.COCCn1ccc2c(N)cccc21.COCCn1ccc2c([N+](=O)[O-])cccc21.O=[N+]([O-])c1cccc2[nH]ccc12. The Balaban J connectivity index is 0.000000225. The first-order valence-electron chi connectivity index (χ1n) is 37.3. The van der Waals surface area contributed by atoms with Crippen LogP contribution in [0.2, 0.25) is 5.28 Å². The molecule has 9 N–H and O–H groups in total. The number of nitrogen functional groups attached to an aromatic ring is 2. The predicted molar refractivity (Wildman–Crippen MR) is 476 cm³/mol. The number of rotatable bonds is 27. The van der Waals surface area contributed by atoms with Crippen molar-refractivity contribution in [2.75, 3.05) is 144 Å². The molecule has 2 aliphatic heterocycles. The molecule has 0 saturated heterocycles. The average molecular weight is 1720 g/mol. The number of ether oxygens (including phenoxy) is 8. The third-order valence-electron chi connectivity index (χ3n) is 17.4. The van der Waals surface area contributed by atoms with Gasteiger partial charge in [0.2, 0.25) is 23.0 Å². The van der Waals surface area contributed by atoms with Crippen molar-refractivity contribution in [1.29, 1.82) is 0 Å². The van der Waals surface area contributed by atoms with E-state index in [-0.39, 0.29) is 64.1 Å². The Morgan fingerprint density at radius 1 is 0.597 bits per heavy atom. The summed E-state index contributed by atoms with van der Waals surface area (Å²) in [7, 11) is 9.76. The number of nitrogens with one attached hydrogen (secondary N) is 4. The number of carbonyl (C=O) groups excluding carboxylic acids is 2. The summed E-state index contributed by atoms with van der Waals surface area (Å²) < 4.78 is 45.9. The van der Waals surface area contributed by atoms with Crippen molar-refractivity contribution < 1.29 is 62.4 Å². The number of amides is 2. The minimum Gasteiger partial charge on any atom is -0.490 e. The van der Waals surface area contributed by atoms with Crippen molar-refractivity contribution in [2.24, 2.45) is 0 Å². The van der Waals surface area contributed by atoms with Gasteiger partial charge in [0.05, 0.1) is 90.2 Å². The third-order valence-corrected chi connectivity index (χ3v) is 17.9. The molecule has 14 rings (SSSR count). The summed E-state index contributed by atoms with van der Waals surface area (Å²) in [5, 5.41) is 41.0. The number of methoxy groups -OCH3 is 6. The molecule has 7 aromatic carbocycles. The number of H-pyrrole nitrogens is 1. The van der Waals surface area contributed by atoms with Crippen molar-refractivity contribution in [3.05, 3.63) is 251 Å². The number of nitrogens with zero attached hydrogens (tertiary/aromatic N) is 10. The van der Waals surface area contributed by atoms with E-state index >= 15 is 0 Å². The normalized spacial score (nSPS) is 11.1. The number of carbonyl (C=O) groups is 2. The number of hydrogen-bond donors (Lipinski definition) is 7. The van der Waals surface area contributed by atoms with E-state index in [0.29, 0.717) is 64.2 Å². The molecular weight excluding hydrogens is 1610 g/mol. The van der Waals surface area contributed by atoms with Crippen LogP contribution in [-0.4, -0.2) is 168 Å². The molecule has 31 nitrogen and oxygen atoms in total. The van der Waals surface area contributed by atoms with E-state index in [1.54, 1.807) is 121 Å². The Bertz CT molecular complexity index is 5220. The van der Waals surface area contributed by atoms with Crippen LogP contribution in [0, 0.1) is 20.2 Å². The zero-order chi connectivity index (χ0) is 85.3. The molecule has 0 fully saturated rings. The number of nitro benzene ring substituents is 2. The Hall–Kier alpha value is -12.7. The lowest BCUT2D eigenvalue weighted by atomic mass is 10.1. The highest BCUT2D eigenvalue weighted by molar-refractivity contribution is 9.09. The molecule has 119 heavy (non-hydrogen) atoms. The number of aromatic nitrogens is 7. The highest BCUT2D eigenvalue weighted by atomic mass is 79.9. The molecule has 0 atom stereocenters. The molecular formula is C86H104BrClN16O15. The van der Waals surface area contributed by atoms with E-state index in [1.807, 2.05) is 71.6 Å². The minimum atomic E-state index is -0.379. The molecule has 0 bridgehead atoms. The maximum Gasteiger partial charge on any atom is 0.278 e. The number of aromatic amines is 1. The highest BCUT2D eigenvalue weighted by Crippen LogP contribution is 2.38. The quantitative estimate of drug-likeness (QED) is 0.00628. The second-order valence-corrected chi connectivity index (χ2v) is 26.3. The maximum atomic E-state index is 11.6. The molecule has 0 spiro atoms. The van der Waals surface area contributed by atoms with Crippen molar-refractivity contribution in [3.63, 3.8) is 0 Å². The molecule has 0 saturated carbocycles. The van der Waals surface area contributed by atoms with Gasteiger partial charge in [0.1, 0.15) is 11.5 Å². The fourth-order valence-corrected chi connectivity index (χ4v) is 12.4. The van der Waals surface area contributed by atoms with Crippen molar-refractivity contribution in [1.82, 2.24) is 34.1 Å². The van der Waals surface area contributed by atoms with Crippen LogP contribution in [-0.2, 0) is 54.5 Å². The molecule has 7 heterocycles. The van der Waals surface area contributed by atoms with Crippen LogP contribution >= 0.6 is 27.5 Å². The van der Waals surface area contributed by atoms with E-state index in [4.69, 9.17) is 61.3 Å². The minimum absolute atomic E-state index is 0. The maximum absolute atomic E-state index is 11.6. The summed E-state index contributed by atoms with van der Waals surface area (Å²) in [6, 6.07) is 47.7. The zero-order valence-electron chi connectivity index (χ0n) is 67.1. The molecule has 33 heteroatoms. The smallest absolute Gasteiger partial charge is 0.278 e. The van der Waals surface area contributed by atoms with Gasteiger partial charge in [-0.15, -0.1) is 0 Å². The fraction of sp³-hybridized carbons (Fsp3) is 0.279. The number of aliphatic hydroxyl groups excluding tert-OH is 1. The van der Waals surface area contributed by atoms with Crippen LogP contribution in [0.15, 0.2) is 214 Å². The topological polar surface area (TPSA) is 386 Å². The molecule has 0 radical (unpaired) electrons. The summed E-state index contributed by atoms with van der Waals surface area (Å²) in [6.07, 6.45) is 14.1. The number of nitrogens with two attached hydrogens (primary N) is 2. The van der Waals surface area contributed by atoms with E-state index in [0.717, 1.165) is 111 Å². The Morgan fingerprint density at radius 2 is 1.08 bits per heavy atom. The van der Waals surface area contributed by atoms with Gasteiger partial charge in [0, 0.05) is 179 Å². The second kappa shape index (κ2) is 50.7. The van der Waals surface area contributed by atoms with Gasteiger partial charge in [0.15, 0.2) is 11.5 Å². The average Bonchev–Trinajstić information content (AvgIpc) is 1.66. The van der Waals surface area contributed by atoms with E-state index in [1.165, 1.54) is 72.7 Å². The van der Waals surface area contributed by atoms with Gasteiger partial charge in [-0.1, -0.05) is 85.9 Å². The Labute approximate surface area is 705 Å². The van der Waals surface area contributed by atoms with Gasteiger partial charge in [-0.2, -0.15) is 9.97 Å². The number of nitro groups is 2. The molecule has 632 valence electrons. The number of benzene rings is 7. The molecule has 12 aromatic rings. The van der Waals surface area contributed by atoms with E-state index in [2.05, 4.69) is 114 Å². The second-order valence-electron chi connectivity index (χ2n) is 25.2. The van der Waals surface area contributed by atoms with Gasteiger partial charge < -0.3 is 94.3 Å². The number of alkyl halides is 1. The number of fused-ring (bicyclic) bond motifs is 5. The fourth-order valence-electron chi connectivity index (χ4n) is 12.0. The van der Waals surface area contributed by atoms with Gasteiger partial charge >= 0.3 is 0 Å². The number of non-ortho nitro benzene ring substituents is 2.